The number of hydrogen-bond acceptors (Lipinski definition) is 12. The number of hydrogen-bond donors (Lipinski definition) is 1. The van der Waals surface area contributed by atoms with E-state index in [1.54, 1.807) is 7.11 Å². The van der Waals surface area contributed by atoms with E-state index < -0.39 is 24.1 Å². The number of carbonyl (C=O) groups excluding carboxylic acids is 1. The number of rotatable bonds is 5. The summed E-state index contributed by atoms with van der Waals surface area (Å²) in [7, 11) is 1.62. The van der Waals surface area contributed by atoms with E-state index in [-0.39, 0.29) is 123 Å². The van der Waals surface area contributed by atoms with Gasteiger partial charge in [0, 0.05) is 56.5 Å². The molecule has 10 rings (SSSR count). The Morgan fingerprint density at radius 2 is 1.61 bits per heavy atom. The van der Waals surface area contributed by atoms with Crippen molar-refractivity contribution in [1.82, 2.24) is 0 Å². The number of carbonyl (C=O) groups is 1. The summed E-state index contributed by atoms with van der Waals surface area (Å²) in [5, 5.41) is 14.3. The molecule has 0 radical (unpaired) electrons. The Kier molecular flexibility index (Phi) is 10.5. The van der Waals surface area contributed by atoms with E-state index in [9.17, 15) is 9.90 Å². The zero-order valence-corrected chi connectivity index (χ0v) is 31.6. The molecule has 298 valence electrons. The monoisotopic (exact) mass is 755 g/mol. The number of fused-ring (bicyclic) bond motifs is 6. The lowest BCUT2D eigenvalue weighted by Gasteiger charge is -2.47. The van der Waals surface area contributed by atoms with Crippen LogP contribution in [0.2, 0.25) is 0 Å². The van der Waals surface area contributed by atoms with E-state index in [2.05, 4.69) is 30.1 Å². The second-order valence-electron chi connectivity index (χ2n) is 17.6. The number of Topliss-reactive ketones (excluding diaryl/α,β-unsaturated/α-hetero) is 1. The minimum absolute atomic E-state index is 0.0142. The largest absolute Gasteiger partial charge is 0.393 e. The summed E-state index contributed by atoms with van der Waals surface area (Å²) in [6.45, 7) is 11.0. The van der Waals surface area contributed by atoms with Gasteiger partial charge in [0.15, 0.2) is 5.79 Å². The fourth-order valence-corrected chi connectivity index (χ4v) is 11.4. The molecule has 1 spiro atoms. The highest BCUT2D eigenvalue weighted by Crippen LogP contribution is 2.54. The molecule has 0 amide bonds. The lowest BCUT2D eigenvalue weighted by molar-refractivity contribution is -0.292. The fourth-order valence-electron chi connectivity index (χ4n) is 11.4. The SMILES string of the molecule is C=C1CC2CC[C@@]34C[C@H]5OC6C(O3)[C@H]3OC(CCC3O[C@H]6C5O4)CC(=O)CC3[C@@H](OC)C(CC(O)CN=[N+]=[N-])O[C@H]3CC3O[C@@H](CCC1O2)C[C@@H](C)C3=C. The zero-order valence-electron chi connectivity index (χ0n) is 31.6. The van der Waals surface area contributed by atoms with E-state index in [0.29, 0.717) is 25.7 Å². The molecule has 0 aromatic carbocycles. The van der Waals surface area contributed by atoms with Crippen molar-refractivity contribution < 1.29 is 52.5 Å². The van der Waals surface area contributed by atoms with Crippen molar-refractivity contribution in [1.29, 1.82) is 0 Å². The average Bonchev–Trinajstić information content (AvgIpc) is 3.82. The Morgan fingerprint density at radius 1 is 0.852 bits per heavy atom. The Morgan fingerprint density at radius 3 is 2.44 bits per heavy atom. The first-order valence-corrected chi connectivity index (χ1v) is 20.5. The molecule has 0 aliphatic carbocycles. The van der Waals surface area contributed by atoms with Crippen LogP contribution < -0.4 is 0 Å². The quantitative estimate of drug-likeness (QED) is 0.177. The van der Waals surface area contributed by atoms with Crippen LogP contribution in [0, 0.1) is 11.8 Å². The fraction of sp³-hybridized carbons (Fsp3) is 0.875. The summed E-state index contributed by atoms with van der Waals surface area (Å²) in [6.07, 6.45) is 3.73. The molecular weight excluding hydrogens is 698 g/mol. The molecule has 11 unspecified atom stereocenters. The molecule has 10 heterocycles. The Hall–Kier alpha value is -1.94. The van der Waals surface area contributed by atoms with Crippen LogP contribution in [0.1, 0.15) is 90.4 Å². The van der Waals surface area contributed by atoms with E-state index in [1.807, 2.05) is 0 Å². The standard InChI is InChI=1S/C40H57N3O11/c1-19-11-24-5-7-28-20(2)12-26(47-28)9-10-40-17-33-36(53-40)37-38(52-33)39(54-40)35-29(51-37)8-6-25(49-35)13-22(44)14-27-31(16-30(48-24)21(19)3)50-32(34(27)46-4)15-23(45)18-42-43-41/h19,23-39,45H,2-3,5-18H2,1,4H3/t19-,23?,24+,25?,26?,27?,28?,29?,30?,31+,32?,33-,34-,35+,36?,37+,38?,39?,40+/m1/s1. The van der Waals surface area contributed by atoms with Crippen LogP contribution in [0.5, 0.6) is 0 Å². The summed E-state index contributed by atoms with van der Waals surface area (Å²) in [5.74, 6) is -0.767. The van der Waals surface area contributed by atoms with Gasteiger partial charge in [0.25, 0.3) is 0 Å². The van der Waals surface area contributed by atoms with Crippen molar-refractivity contribution in [3.63, 3.8) is 0 Å². The first-order chi connectivity index (χ1) is 26.1. The third kappa shape index (κ3) is 7.01. The molecule has 0 aromatic heterocycles. The Labute approximate surface area is 317 Å². The van der Waals surface area contributed by atoms with Crippen LogP contribution in [0.3, 0.4) is 0 Å². The van der Waals surface area contributed by atoms with E-state index >= 15 is 0 Å². The third-order valence-corrected chi connectivity index (χ3v) is 14.1. The second kappa shape index (κ2) is 15.1. The van der Waals surface area contributed by atoms with Gasteiger partial charge in [-0.15, -0.1) is 0 Å². The summed E-state index contributed by atoms with van der Waals surface area (Å²) >= 11 is 0. The van der Waals surface area contributed by atoms with Crippen LogP contribution in [0.25, 0.3) is 10.4 Å². The molecule has 1 N–H and O–H groups in total. The van der Waals surface area contributed by atoms with Crippen LogP contribution in [0.4, 0.5) is 0 Å². The molecule has 10 aliphatic rings. The predicted molar refractivity (Wildman–Crippen MR) is 191 cm³/mol. The molecule has 0 aromatic rings. The van der Waals surface area contributed by atoms with Crippen LogP contribution >= 0.6 is 0 Å². The summed E-state index contributed by atoms with van der Waals surface area (Å²) in [5.41, 5.74) is 11.0. The van der Waals surface area contributed by atoms with Crippen molar-refractivity contribution in [2.45, 2.75) is 194 Å². The predicted octanol–water partition coefficient (Wildman–Crippen LogP) is 4.79. The van der Waals surface area contributed by atoms with Gasteiger partial charge in [0.1, 0.15) is 36.3 Å². The number of ether oxygens (including phenoxy) is 9. The number of aliphatic hydroxyl groups excluding tert-OH is 1. The van der Waals surface area contributed by atoms with Crippen molar-refractivity contribution in [2.75, 3.05) is 13.7 Å². The van der Waals surface area contributed by atoms with Crippen LogP contribution in [-0.4, -0.2) is 128 Å². The van der Waals surface area contributed by atoms with E-state index in [4.69, 9.17) is 48.2 Å². The molecule has 54 heavy (non-hydrogen) atoms. The van der Waals surface area contributed by atoms with Crippen molar-refractivity contribution >= 4 is 5.78 Å². The minimum Gasteiger partial charge on any atom is -0.393 e. The maximum Gasteiger partial charge on any atom is 0.172 e. The molecule has 12 bridgehead atoms. The number of azide groups is 1. The number of methoxy groups -OCH3 is 1. The van der Waals surface area contributed by atoms with Gasteiger partial charge < -0.3 is 47.7 Å². The maximum absolute atomic E-state index is 14.1. The lowest BCUT2D eigenvalue weighted by atomic mass is 9.81. The molecule has 14 nitrogen and oxygen atoms in total. The van der Waals surface area contributed by atoms with Gasteiger partial charge >= 0.3 is 0 Å². The minimum atomic E-state index is -0.908. The van der Waals surface area contributed by atoms with Gasteiger partial charge in [-0.25, -0.2) is 0 Å². The first kappa shape index (κ1) is 37.6. The molecule has 10 fully saturated rings. The molecule has 14 heteroatoms. The van der Waals surface area contributed by atoms with Crippen LogP contribution in [0.15, 0.2) is 29.4 Å². The maximum atomic E-state index is 14.1. The lowest BCUT2D eigenvalue weighted by Crippen LogP contribution is -2.61. The molecule has 10 saturated heterocycles. The Balaban J connectivity index is 0.988. The second-order valence-corrected chi connectivity index (χ2v) is 17.6. The Bertz CT molecular complexity index is 1510. The average molecular weight is 756 g/mol. The number of ketones is 1. The van der Waals surface area contributed by atoms with Gasteiger partial charge in [-0.3, -0.25) is 4.79 Å². The summed E-state index contributed by atoms with van der Waals surface area (Å²) in [4.78, 5) is 16.9. The molecule has 0 saturated carbocycles. The van der Waals surface area contributed by atoms with Crippen molar-refractivity contribution in [2.24, 2.45) is 17.0 Å². The van der Waals surface area contributed by atoms with Crippen LogP contribution in [-0.2, 0) is 47.4 Å². The summed E-state index contributed by atoms with van der Waals surface area (Å²) < 4.78 is 60.0. The smallest absolute Gasteiger partial charge is 0.172 e. The molecule has 19 atom stereocenters. The van der Waals surface area contributed by atoms with Gasteiger partial charge in [0.2, 0.25) is 0 Å². The third-order valence-electron chi connectivity index (χ3n) is 14.1. The van der Waals surface area contributed by atoms with Gasteiger partial charge in [-0.05, 0) is 67.5 Å². The number of aliphatic hydroxyl groups is 1. The molecular formula is C40H57N3O11. The normalized spacial score (nSPS) is 50.6. The first-order valence-electron chi connectivity index (χ1n) is 20.5. The van der Waals surface area contributed by atoms with Crippen molar-refractivity contribution in [3.05, 3.63) is 34.7 Å². The van der Waals surface area contributed by atoms with Gasteiger partial charge in [-0.2, -0.15) is 0 Å². The van der Waals surface area contributed by atoms with Crippen molar-refractivity contribution in [3.8, 4) is 0 Å². The van der Waals surface area contributed by atoms with E-state index in [1.165, 1.54) is 0 Å². The van der Waals surface area contributed by atoms with Gasteiger partial charge in [-0.1, -0.05) is 25.2 Å². The highest BCUT2D eigenvalue weighted by atomic mass is 16.8. The summed E-state index contributed by atoms with van der Waals surface area (Å²) in [6, 6.07) is 0. The van der Waals surface area contributed by atoms with Gasteiger partial charge in [0.05, 0.1) is 73.7 Å². The number of nitrogens with zero attached hydrogens (tertiary/aromatic N) is 3. The molecule has 10 aliphatic heterocycles. The highest BCUT2D eigenvalue weighted by molar-refractivity contribution is 5.79. The zero-order chi connectivity index (χ0) is 37.3. The topological polar surface area (TPSA) is 169 Å². The van der Waals surface area contributed by atoms with E-state index in [0.717, 1.165) is 49.7 Å². The highest BCUT2D eigenvalue weighted by Gasteiger charge is 2.68.